The second-order valence-corrected chi connectivity index (χ2v) is 8.38. The van der Waals surface area contributed by atoms with Crippen molar-refractivity contribution in [1.29, 1.82) is 0 Å². The average molecular weight is 486 g/mol. The molecule has 5 rings (SSSR count). The molecule has 1 unspecified atom stereocenters. The molecule has 36 heavy (non-hydrogen) atoms. The highest BCUT2D eigenvalue weighted by Gasteiger charge is 2.36. The van der Waals surface area contributed by atoms with Crippen molar-refractivity contribution in [2.24, 2.45) is 5.92 Å². The fourth-order valence-electron chi connectivity index (χ4n) is 4.13. The molecular formula is C27H20F2N4O3. The van der Waals surface area contributed by atoms with Crippen LogP contribution in [-0.2, 0) is 9.59 Å². The van der Waals surface area contributed by atoms with Crippen molar-refractivity contribution in [2.75, 3.05) is 22.1 Å². The second kappa shape index (κ2) is 9.53. The van der Waals surface area contributed by atoms with Crippen LogP contribution in [0, 0.1) is 17.6 Å². The number of rotatable bonds is 5. The minimum absolute atomic E-state index is 0.0528. The molecule has 4 aromatic rings. The summed E-state index contributed by atoms with van der Waals surface area (Å²) in [5, 5.41) is 6.42. The number of nitrogens with one attached hydrogen (secondary N) is 2. The third-order valence-electron chi connectivity index (χ3n) is 5.96. The molecule has 9 heteroatoms. The van der Waals surface area contributed by atoms with E-state index < -0.39 is 35.3 Å². The Balaban J connectivity index is 1.30. The summed E-state index contributed by atoms with van der Waals surface area (Å²) in [4.78, 5) is 43.8. The maximum atomic E-state index is 14.2. The minimum atomic E-state index is -0.875. The van der Waals surface area contributed by atoms with Gasteiger partial charge in [0.1, 0.15) is 17.3 Å². The first-order valence-electron chi connectivity index (χ1n) is 11.2. The third kappa shape index (κ3) is 4.63. The number of amides is 3. The first kappa shape index (κ1) is 23.1. The zero-order valence-corrected chi connectivity index (χ0v) is 18.9. The van der Waals surface area contributed by atoms with Crippen LogP contribution in [0.5, 0.6) is 0 Å². The molecule has 0 spiro atoms. The van der Waals surface area contributed by atoms with Gasteiger partial charge in [-0.05, 0) is 36.4 Å². The van der Waals surface area contributed by atoms with Crippen molar-refractivity contribution >= 4 is 45.7 Å². The Morgan fingerprint density at radius 1 is 0.889 bits per heavy atom. The Bertz CT molecular complexity index is 1510. The number of para-hydroxylation sites is 3. The summed E-state index contributed by atoms with van der Waals surface area (Å²) in [5.74, 6) is -3.73. The van der Waals surface area contributed by atoms with Gasteiger partial charge in [0.2, 0.25) is 11.8 Å². The van der Waals surface area contributed by atoms with E-state index in [0.717, 1.165) is 16.4 Å². The molecule has 3 aromatic carbocycles. The van der Waals surface area contributed by atoms with Crippen LogP contribution in [0.2, 0.25) is 0 Å². The predicted molar refractivity (Wildman–Crippen MR) is 132 cm³/mol. The van der Waals surface area contributed by atoms with Crippen LogP contribution in [0.15, 0.2) is 78.9 Å². The maximum Gasteiger partial charge on any atom is 0.274 e. The minimum Gasteiger partial charge on any atom is -0.324 e. The molecule has 1 aliphatic heterocycles. The van der Waals surface area contributed by atoms with Crippen molar-refractivity contribution < 1.29 is 23.2 Å². The standard InChI is InChI=1S/C27H20F2N4O3/c28-18-10-12-24(19(29)14-18)33-15-17(13-25(33)34)26(35)31-21-7-3-4-8-22(21)32-27(36)23-11-9-16-5-1-2-6-20(16)30-23/h1-12,14,17H,13,15H2,(H,31,35)(H,32,36). The Hall–Kier alpha value is -4.66. The molecule has 0 saturated carbocycles. The Morgan fingerprint density at radius 3 is 2.39 bits per heavy atom. The first-order valence-corrected chi connectivity index (χ1v) is 11.2. The molecule has 0 radical (unpaired) electrons. The molecule has 0 aliphatic carbocycles. The SMILES string of the molecule is O=C(Nc1ccccc1NC(=O)C1CC(=O)N(c2ccc(F)cc2F)C1)c1ccc2ccccc2n1. The molecule has 7 nitrogen and oxygen atoms in total. The molecule has 2 heterocycles. The van der Waals surface area contributed by atoms with Gasteiger partial charge in [-0.15, -0.1) is 0 Å². The highest BCUT2D eigenvalue weighted by Crippen LogP contribution is 2.30. The number of fused-ring (bicyclic) bond motifs is 1. The van der Waals surface area contributed by atoms with Crippen molar-refractivity contribution in [3.8, 4) is 0 Å². The van der Waals surface area contributed by atoms with Crippen molar-refractivity contribution in [2.45, 2.75) is 6.42 Å². The van der Waals surface area contributed by atoms with E-state index in [1.165, 1.54) is 6.07 Å². The maximum absolute atomic E-state index is 14.2. The van der Waals surface area contributed by atoms with Gasteiger partial charge in [-0.3, -0.25) is 14.4 Å². The number of hydrogen-bond acceptors (Lipinski definition) is 4. The number of aromatic nitrogens is 1. The highest BCUT2D eigenvalue weighted by molar-refractivity contribution is 6.08. The van der Waals surface area contributed by atoms with E-state index in [1.807, 2.05) is 24.3 Å². The lowest BCUT2D eigenvalue weighted by Crippen LogP contribution is -2.29. The Morgan fingerprint density at radius 2 is 1.61 bits per heavy atom. The number of carbonyl (C=O) groups is 3. The quantitative estimate of drug-likeness (QED) is 0.426. The van der Waals surface area contributed by atoms with Gasteiger partial charge in [-0.1, -0.05) is 36.4 Å². The molecular weight excluding hydrogens is 466 g/mol. The van der Waals surface area contributed by atoms with Crippen LogP contribution in [0.3, 0.4) is 0 Å². The Kier molecular flexibility index (Phi) is 6.12. The highest BCUT2D eigenvalue weighted by atomic mass is 19.1. The number of nitrogens with zero attached hydrogens (tertiary/aromatic N) is 2. The zero-order valence-electron chi connectivity index (χ0n) is 18.9. The van der Waals surface area contributed by atoms with Gasteiger partial charge in [-0.25, -0.2) is 13.8 Å². The van der Waals surface area contributed by atoms with Crippen LogP contribution in [-0.4, -0.2) is 29.3 Å². The fourth-order valence-corrected chi connectivity index (χ4v) is 4.13. The van der Waals surface area contributed by atoms with E-state index in [2.05, 4.69) is 15.6 Å². The number of carbonyl (C=O) groups excluding carboxylic acids is 3. The monoisotopic (exact) mass is 486 g/mol. The van der Waals surface area contributed by atoms with E-state index in [4.69, 9.17) is 0 Å². The fraction of sp³-hybridized carbons (Fsp3) is 0.111. The summed E-state index contributed by atoms with van der Waals surface area (Å²) in [6.45, 7) is -0.0528. The number of anilines is 3. The van der Waals surface area contributed by atoms with E-state index in [0.29, 0.717) is 23.0 Å². The van der Waals surface area contributed by atoms with Crippen LogP contribution in [0.4, 0.5) is 25.8 Å². The topological polar surface area (TPSA) is 91.4 Å². The van der Waals surface area contributed by atoms with Crippen LogP contribution >= 0.6 is 0 Å². The van der Waals surface area contributed by atoms with Gasteiger partial charge in [0, 0.05) is 24.4 Å². The third-order valence-corrected chi connectivity index (χ3v) is 5.96. The molecule has 1 aromatic heterocycles. The number of benzene rings is 3. The number of pyridine rings is 1. The lowest BCUT2D eigenvalue weighted by atomic mass is 10.1. The summed E-state index contributed by atoms with van der Waals surface area (Å²) < 4.78 is 27.4. The average Bonchev–Trinajstić information content (AvgIpc) is 3.26. The molecule has 1 fully saturated rings. The van der Waals surface area contributed by atoms with Gasteiger partial charge in [-0.2, -0.15) is 0 Å². The number of halogens is 2. The lowest BCUT2D eigenvalue weighted by molar-refractivity contribution is -0.122. The van der Waals surface area contributed by atoms with Crippen molar-refractivity contribution in [1.82, 2.24) is 4.98 Å². The summed E-state index contributed by atoms with van der Waals surface area (Å²) in [6, 6.07) is 20.4. The van der Waals surface area contributed by atoms with Gasteiger partial charge in [0.15, 0.2) is 0 Å². The van der Waals surface area contributed by atoms with Gasteiger partial charge >= 0.3 is 0 Å². The Labute approximate surface area is 204 Å². The lowest BCUT2D eigenvalue weighted by Gasteiger charge is -2.18. The van der Waals surface area contributed by atoms with Crippen molar-refractivity contribution in [3.63, 3.8) is 0 Å². The molecule has 1 atom stereocenters. The van der Waals surface area contributed by atoms with Crippen LogP contribution < -0.4 is 15.5 Å². The van der Waals surface area contributed by atoms with Crippen LogP contribution in [0.25, 0.3) is 10.9 Å². The molecule has 180 valence electrons. The van der Waals surface area contributed by atoms with E-state index >= 15 is 0 Å². The molecule has 1 aliphatic rings. The normalized spacial score (nSPS) is 15.2. The van der Waals surface area contributed by atoms with Gasteiger partial charge in [0.05, 0.1) is 28.5 Å². The zero-order chi connectivity index (χ0) is 25.2. The van der Waals surface area contributed by atoms with Crippen molar-refractivity contribution in [3.05, 3.63) is 96.2 Å². The largest absolute Gasteiger partial charge is 0.324 e. The second-order valence-electron chi connectivity index (χ2n) is 8.38. The summed E-state index contributed by atoms with van der Waals surface area (Å²) >= 11 is 0. The smallest absolute Gasteiger partial charge is 0.274 e. The number of hydrogen-bond donors (Lipinski definition) is 2. The summed E-state index contributed by atoms with van der Waals surface area (Å²) in [5.41, 5.74) is 1.52. The molecule has 3 amide bonds. The van der Waals surface area contributed by atoms with Crippen LogP contribution in [0.1, 0.15) is 16.9 Å². The first-order chi connectivity index (χ1) is 17.4. The van der Waals surface area contributed by atoms with Gasteiger partial charge in [0.25, 0.3) is 5.91 Å². The molecule has 0 bridgehead atoms. The summed E-state index contributed by atoms with van der Waals surface area (Å²) in [6.07, 6.45) is -0.127. The van der Waals surface area contributed by atoms with Gasteiger partial charge < -0.3 is 15.5 Å². The predicted octanol–water partition coefficient (Wildman–Crippen LogP) is 4.76. The van der Waals surface area contributed by atoms with E-state index in [9.17, 15) is 23.2 Å². The van der Waals surface area contributed by atoms with E-state index in [1.54, 1.807) is 36.4 Å². The van der Waals surface area contributed by atoms with E-state index in [-0.39, 0.29) is 24.3 Å². The molecule has 2 N–H and O–H groups in total. The summed E-state index contributed by atoms with van der Waals surface area (Å²) in [7, 11) is 0. The molecule has 1 saturated heterocycles.